The highest BCUT2D eigenvalue weighted by Crippen LogP contribution is 2.16. The van der Waals surface area contributed by atoms with Crippen LogP contribution in [0.25, 0.3) is 0 Å². The summed E-state index contributed by atoms with van der Waals surface area (Å²) in [6.45, 7) is 2.10. The molecule has 0 bridgehead atoms. The van der Waals surface area contributed by atoms with Gasteiger partial charge in [0, 0.05) is 18.5 Å². The summed E-state index contributed by atoms with van der Waals surface area (Å²) in [4.78, 5) is -0.547. The summed E-state index contributed by atoms with van der Waals surface area (Å²) in [6.07, 6.45) is 1.44. The van der Waals surface area contributed by atoms with Crippen molar-refractivity contribution in [3.8, 4) is 0 Å². The molecule has 0 aliphatic heterocycles. The molecule has 1 atom stereocenters. The van der Waals surface area contributed by atoms with Gasteiger partial charge in [-0.15, -0.1) is 11.6 Å². The lowest BCUT2D eigenvalue weighted by Crippen LogP contribution is -2.30. The summed E-state index contributed by atoms with van der Waals surface area (Å²) >= 11 is 5.61. The molecule has 0 aliphatic carbocycles. The van der Waals surface area contributed by atoms with Gasteiger partial charge in [0.2, 0.25) is 10.0 Å². The van der Waals surface area contributed by atoms with E-state index in [9.17, 15) is 17.2 Å². The van der Waals surface area contributed by atoms with Crippen molar-refractivity contribution in [2.24, 2.45) is 5.92 Å². The molecule has 1 unspecified atom stereocenters. The SMILES string of the molecule is CCC(CCCl)CNS(=O)(=O)c1ccc(F)cc1F. The standard InChI is InChI=1S/C12H16ClF2NO2S/c1-2-9(5-6-13)8-16-19(17,18)12-4-3-10(14)7-11(12)15/h3-4,7,9,16H,2,5-6,8H2,1H3. The molecule has 19 heavy (non-hydrogen) atoms. The lowest BCUT2D eigenvalue weighted by molar-refractivity contribution is 0.478. The zero-order valence-electron chi connectivity index (χ0n) is 10.5. The predicted octanol–water partition coefficient (Wildman–Crippen LogP) is 2.90. The van der Waals surface area contributed by atoms with Crippen LogP contribution in [-0.2, 0) is 10.0 Å². The van der Waals surface area contributed by atoms with Crippen molar-refractivity contribution in [2.75, 3.05) is 12.4 Å². The summed E-state index contributed by atoms with van der Waals surface area (Å²) in [7, 11) is -3.97. The monoisotopic (exact) mass is 311 g/mol. The number of sulfonamides is 1. The first kappa shape index (κ1) is 16.3. The topological polar surface area (TPSA) is 46.2 Å². The van der Waals surface area contributed by atoms with Crippen LogP contribution in [0.3, 0.4) is 0 Å². The van der Waals surface area contributed by atoms with Crippen molar-refractivity contribution in [3.05, 3.63) is 29.8 Å². The molecule has 0 saturated heterocycles. The lowest BCUT2D eigenvalue weighted by Gasteiger charge is -2.14. The smallest absolute Gasteiger partial charge is 0.211 e. The summed E-state index contributed by atoms with van der Waals surface area (Å²) in [5, 5.41) is 0. The van der Waals surface area contributed by atoms with Gasteiger partial charge in [0.15, 0.2) is 0 Å². The van der Waals surface area contributed by atoms with E-state index in [1.807, 2.05) is 6.92 Å². The van der Waals surface area contributed by atoms with Crippen molar-refractivity contribution < 1.29 is 17.2 Å². The summed E-state index contributed by atoms with van der Waals surface area (Å²) in [5.41, 5.74) is 0. The molecule has 0 aromatic heterocycles. The van der Waals surface area contributed by atoms with Gasteiger partial charge in [0.05, 0.1) is 0 Å². The van der Waals surface area contributed by atoms with Crippen molar-refractivity contribution >= 4 is 21.6 Å². The molecule has 0 fully saturated rings. The third-order valence-electron chi connectivity index (χ3n) is 2.84. The fraction of sp³-hybridized carbons (Fsp3) is 0.500. The quantitative estimate of drug-likeness (QED) is 0.787. The molecular weight excluding hydrogens is 296 g/mol. The Morgan fingerprint density at radius 2 is 2.05 bits per heavy atom. The number of nitrogens with one attached hydrogen (secondary N) is 1. The molecule has 0 radical (unpaired) electrons. The molecule has 0 saturated carbocycles. The normalized spacial score (nSPS) is 13.5. The first-order valence-electron chi connectivity index (χ1n) is 5.91. The summed E-state index contributed by atoms with van der Waals surface area (Å²) in [5.74, 6) is -1.38. The molecule has 0 spiro atoms. The van der Waals surface area contributed by atoms with Crippen LogP contribution in [0, 0.1) is 17.6 Å². The van der Waals surface area contributed by atoms with Gasteiger partial charge in [0.25, 0.3) is 0 Å². The average Bonchev–Trinajstić information content (AvgIpc) is 2.34. The van der Waals surface area contributed by atoms with Crippen LogP contribution in [0.5, 0.6) is 0 Å². The molecule has 0 amide bonds. The number of halogens is 3. The van der Waals surface area contributed by atoms with Crippen molar-refractivity contribution in [1.82, 2.24) is 4.72 Å². The Kier molecular flexibility index (Phi) is 6.16. The maximum Gasteiger partial charge on any atom is 0.243 e. The second-order valence-corrected chi connectivity index (χ2v) is 6.29. The van der Waals surface area contributed by atoms with Crippen LogP contribution < -0.4 is 4.72 Å². The van der Waals surface area contributed by atoms with E-state index < -0.39 is 26.6 Å². The van der Waals surface area contributed by atoms with Crippen LogP contribution in [0.4, 0.5) is 8.78 Å². The molecule has 1 rings (SSSR count). The van der Waals surface area contributed by atoms with Crippen LogP contribution >= 0.6 is 11.6 Å². The van der Waals surface area contributed by atoms with Crippen LogP contribution in [0.15, 0.2) is 23.1 Å². The number of rotatable bonds is 7. The number of benzene rings is 1. The number of hydrogen-bond acceptors (Lipinski definition) is 2. The van der Waals surface area contributed by atoms with Gasteiger partial charge < -0.3 is 0 Å². The molecule has 1 N–H and O–H groups in total. The Labute approximate surface area is 117 Å². The Bertz CT molecular complexity index is 522. The number of hydrogen-bond donors (Lipinski definition) is 1. The van der Waals surface area contributed by atoms with Gasteiger partial charge in [-0.05, 0) is 24.5 Å². The highest BCUT2D eigenvalue weighted by molar-refractivity contribution is 7.89. The third-order valence-corrected chi connectivity index (χ3v) is 4.52. The highest BCUT2D eigenvalue weighted by Gasteiger charge is 2.20. The first-order valence-corrected chi connectivity index (χ1v) is 7.93. The number of alkyl halides is 1. The van der Waals surface area contributed by atoms with Gasteiger partial charge in [-0.25, -0.2) is 21.9 Å². The Balaban J connectivity index is 2.81. The van der Waals surface area contributed by atoms with Crippen molar-refractivity contribution in [1.29, 1.82) is 0 Å². The van der Waals surface area contributed by atoms with E-state index in [0.717, 1.165) is 18.6 Å². The molecule has 7 heteroatoms. The van der Waals surface area contributed by atoms with E-state index in [-0.39, 0.29) is 12.5 Å². The lowest BCUT2D eigenvalue weighted by atomic mass is 10.0. The Morgan fingerprint density at radius 3 is 2.58 bits per heavy atom. The molecule has 1 aromatic carbocycles. The second-order valence-electron chi connectivity index (χ2n) is 4.18. The fourth-order valence-corrected chi connectivity index (χ4v) is 3.09. The molecule has 1 aromatic rings. The Hall–Kier alpha value is -0.720. The van der Waals surface area contributed by atoms with Gasteiger partial charge in [0.1, 0.15) is 16.5 Å². The summed E-state index contributed by atoms with van der Waals surface area (Å²) < 4.78 is 52.2. The van der Waals surface area contributed by atoms with E-state index in [1.165, 1.54) is 0 Å². The zero-order chi connectivity index (χ0) is 14.5. The predicted molar refractivity (Wildman–Crippen MR) is 70.7 cm³/mol. The van der Waals surface area contributed by atoms with E-state index in [4.69, 9.17) is 11.6 Å². The minimum absolute atomic E-state index is 0.0933. The fourth-order valence-electron chi connectivity index (χ4n) is 1.60. The first-order chi connectivity index (χ1) is 8.90. The minimum atomic E-state index is -3.97. The maximum absolute atomic E-state index is 13.4. The van der Waals surface area contributed by atoms with Crippen molar-refractivity contribution in [2.45, 2.75) is 24.7 Å². The molecule has 0 aliphatic rings. The second kappa shape index (κ2) is 7.17. The zero-order valence-corrected chi connectivity index (χ0v) is 12.1. The Morgan fingerprint density at radius 1 is 1.37 bits per heavy atom. The summed E-state index contributed by atoms with van der Waals surface area (Å²) in [6, 6.07) is 2.37. The largest absolute Gasteiger partial charge is 0.243 e. The van der Waals surface area contributed by atoms with Gasteiger partial charge in [-0.1, -0.05) is 13.3 Å². The van der Waals surface area contributed by atoms with Gasteiger partial charge >= 0.3 is 0 Å². The van der Waals surface area contributed by atoms with Crippen LogP contribution in [0.1, 0.15) is 19.8 Å². The van der Waals surface area contributed by atoms with E-state index in [1.54, 1.807) is 0 Å². The van der Waals surface area contributed by atoms with Crippen LogP contribution in [0.2, 0.25) is 0 Å². The molecule has 108 valence electrons. The van der Waals surface area contributed by atoms with E-state index >= 15 is 0 Å². The van der Waals surface area contributed by atoms with Crippen LogP contribution in [-0.4, -0.2) is 20.8 Å². The van der Waals surface area contributed by atoms with Crippen molar-refractivity contribution in [3.63, 3.8) is 0 Å². The molecule has 3 nitrogen and oxygen atoms in total. The highest BCUT2D eigenvalue weighted by atomic mass is 35.5. The molecule has 0 heterocycles. The van der Waals surface area contributed by atoms with Gasteiger partial charge in [-0.3, -0.25) is 0 Å². The maximum atomic E-state index is 13.4. The minimum Gasteiger partial charge on any atom is -0.211 e. The third kappa shape index (κ3) is 4.71. The van der Waals surface area contributed by atoms with E-state index in [2.05, 4.69) is 4.72 Å². The van der Waals surface area contributed by atoms with Gasteiger partial charge in [-0.2, -0.15) is 0 Å². The van der Waals surface area contributed by atoms with E-state index in [0.29, 0.717) is 18.4 Å². The molecular formula is C12H16ClF2NO2S. The average molecular weight is 312 g/mol.